The topological polar surface area (TPSA) is 75.4 Å². The molecule has 1 fully saturated rings. The molecule has 1 saturated heterocycles. The number of amides is 2. The van der Waals surface area contributed by atoms with Crippen LogP contribution in [0.3, 0.4) is 0 Å². The van der Waals surface area contributed by atoms with Gasteiger partial charge in [0.15, 0.2) is 0 Å². The minimum Gasteiger partial charge on any atom is -0.371 e. The average Bonchev–Trinajstić information content (AvgIpc) is 2.55. The smallest absolute Gasteiger partial charge is 0.250 e. The molecule has 3 N–H and O–H groups in total. The van der Waals surface area contributed by atoms with Crippen molar-refractivity contribution < 1.29 is 9.59 Å². The lowest BCUT2D eigenvalue weighted by Crippen LogP contribution is -2.31. The summed E-state index contributed by atoms with van der Waals surface area (Å²) in [6.45, 7) is 5.61. The summed E-state index contributed by atoms with van der Waals surface area (Å²) in [5.41, 5.74) is 8.19. The number of carbonyl (C=O) groups excluding carboxylic acids is 2. The second-order valence-electron chi connectivity index (χ2n) is 5.89. The molecule has 1 heterocycles. The van der Waals surface area contributed by atoms with Gasteiger partial charge >= 0.3 is 0 Å². The van der Waals surface area contributed by atoms with Gasteiger partial charge in [-0.05, 0) is 50.8 Å². The monoisotopic (exact) mass is 315 g/mol. The normalized spacial score (nSPS) is 15.4. The van der Waals surface area contributed by atoms with Crippen LogP contribution in [-0.4, -0.2) is 24.9 Å². The lowest BCUT2D eigenvalue weighted by Gasteiger charge is -2.30. The Balaban J connectivity index is 2.27. The molecule has 0 bridgehead atoms. The third-order valence-corrected chi connectivity index (χ3v) is 4.09. The molecule has 124 valence electrons. The van der Waals surface area contributed by atoms with Gasteiger partial charge in [-0.25, -0.2) is 0 Å². The van der Waals surface area contributed by atoms with Crippen LogP contribution >= 0.6 is 0 Å². The predicted octanol–water partition coefficient (Wildman–Crippen LogP) is 3.07. The Hall–Kier alpha value is -2.30. The Labute approximate surface area is 137 Å². The van der Waals surface area contributed by atoms with E-state index >= 15 is 0 Å². The molecule has 0 spiro atoms. The molecule has 0 atom stereocenters. The molecule has 1 aliphatic rings. The van der Waals surface area contributed by atoms with Crippen molar-refractivity contribution in [2.45, 2.75) is 39.5 Å². The summed E-state index contributed by atoms with van der Waals surface area (Å²) in [4.78, 5) is 26.0. The number of anilines is 2. The predicted molar refractivity (Wildman–Crippen MR) is 93.7 cm³/mol. The lowest BCUT2D eigenvalue weighted by molar-refractivity contribution is -0.112. The molecule has 0 aliphatic carbocycles. The zero-order valence-electron chi connectivity index (χ0n) is 13.9. The van der Waals surface area contributed by atoms with Gasteiger partial charge in [0.05, 0.1) is 11.3 Å². The van der Waals surface area contributed by atoms with E-state index in [2.05, 4.69) is 10.2 Å². The van der Waals surface area contributed by atoms with Gasteiger partial charge in [-0.1, -0.05) is 13.0 Å². The zero-order valence-corrected chi connectivity index (χ0v) is 13.9. The van der Waals surface area contributed by atoms with E-state index in [1.165, 1.54) is 6.42 Å². The number of nitrogens with one attached hydrogen (secondary N) is 1. The van der Waals surface area contributed by atoms with Crippen molar-refractivity contribution in [3.63, 3.8) is 0 Å². The number of piperidine rings is 1. The molecule has 5 heteroatoms. The van der Waals surface area contributed by atoms with E-state index in [4.69, 9.17) is 5.73 Å². The van der Waals surface area contributed by atoms with Crippen LogP contribution in [0.15, 0.2) is 29.8 Å². The van der Waals surface area contributed by atoms with Gasteiger partial charge in [-0.2, -0.15) is 0 Å². The van der Waals surface area contributed by atoms with Crippen molar-refractivity contribution in [3.05, 3.63) is 35.4 Å². The van der Waals surface area contributed by atoms with Crippen LogP contribution in [0.25, 0.3) is 0 Å². The van der Waals surface area contributed by atoms with E-state index in [-0.39, 0.29) is 5.91 Å². The Morgan fingerprint density at radius 3 is 2.57 bits per heavy atom. The number of benzene rings is 1. The first-order chi connectivity index (χ1) is 11.0. The highest BCUT2D eigenvalue weighted by Gasteiger charge is 2.18. The van der Waals surface area contributed by atoms with Crippen LogP contribution in [0.4, 0.5) is 11.4 Å². The van der Waals surface area contributed by atoms with Crippen molar-refractivity contribution in [1.29, 1.82) is 0 Å². The van der Waals surface area contributed by atoms with Gasteiger partial charge in [-0.3, -0.25) is 9.59 Å². The summed E-state index contributed by atoms with van der Waals surface area (Å²) in [6, 6.07) is 5.27. The van der Waals surface area contributed by atoms with Gasteiger partial charge in [0, 0.05) is 24.4 Å². The summed E-state index contributed by atoms with van der Waals surface area (Å²) >= 11 is 0. The number of rotatable bonds is 5. The van der Waals surface area contributed by atoms with E-state index in [0.29, 0.717) is 16.8 Å². The SMILES string of the molecule is CC/C=C(\C)C(=O)Nc1ccc(C(N)=O)c(N2CCCCC2)c1. The maximum atomic E-state index is 12.1. The molecular weight excluding hydrogens is 290 g/mol. The van der Waals surface area contributed by atoms with Gasteiger partial charge in [0.25, 0.3) is 11.8 Å². The maximum Gasteiger partial charge on any atom is 0.250 e. The fraction of sp³-hybridized carbons (Fsp3) is 0.444. The summed E-state index contributed by atoms with van der Waals surface area (Å²) in [5, 5.41) is 2.89. The molecular formula is C18H25N3O2. The molecule has 0 radical (unpaired) electrons. The van der Waals surface area contributed by atoms with E-state index < -0.39 is 5.91 Å². The summed E-state index contributed by atoms with van der Waals surface area (Å²) < 4.78 is 0. The van der Waals surface area contributed by atoms with Crippen molar-refractivity contribution in [3.8, 4) is 0 Å². The van der Waals surface area contributed by atoms with Gasteiger partial charge < -0.3 is 16.0 Å². The van der Waals surface area contributed by atoms with Crippen LogP contribution < -0.4 is 16.0 Å². The standard InChI is InChI=1S/C18H25N3O2/c1-3-7-13(2)18(23)20-14-8-9-15(17(19)22)16(12-14)21-10-5-4-6-11-21/h7-9,12H,3-6,10-11H2,1-2H3,(H2,19,22)(H,20,23)/b13-7+. The molecule has 1 aromatic carbocycles. The van der Waals surface area contributed by atoms with E-state index in [9.17, 15) is 9.59 Å². The first-order valence-corrected chi connectivity index (χ1v) is 8.20. The number of carbonyl (C=O) groups is 2. The second-order valence-corrected chi connectivity index (χ2v) is 5.89. The van der Waals surface area contributed by atoms with Crippen LogP contribution in [0.1, 0.15) is 49.9 Å². The highest BCUT2D eigenvalue weighted by atomic mass is 16.2. The highest BCUT2D eigenvalue weighted by Crippen LogP contribution is 2.27. The highest BCUT2D eigenvalue weighted by molar-refractivity contribution is 6.05. The third-order valence-electron chi connectivity index (χ3n) is 4.09. The molecule has 23 heavy (non-hydrogen) atoms. The molecule has 1 aliphatic heterocycles. The minimum atomic E-state index is -0.439. The van der Waals surface area contributed by atoms with Gasteiger partial charge in [0.2, 0.25) is 0 Å². The van der Waals surface area contributed by atoms with Crippen LogP contribution in [0, 0.1) is 0 Å². The first kappa shape index (κ1) is 17.1. The molecule has 0 saturated carbocycles. The number of nitrogens with zero attached hydrogens (tertiary/aromatic N) is 1. The lowest BCUT2D eigenvalue weighted by atomic mass is 10.1. The quantitative estimate of drug-likeness (QED) is 0.820. The van der Waals surface area contributed by atoms with Crippen molar-refractivity contribution >= 4 is 23.2 Å². The fourth-order valence-electron chi connectivity index (χ4n) is 2.84. The zero-order chi connectivity index (χ0) is 16.8. The molecule has 5 nitrogen and oxygen atoms in total. The summed E-state index contributed by atoms with van der Waals surface area (Å²) in [5.74, 6) is -0.561. The second kappa shape index (κ2) is 7.81. The number of nitrogens with two attached hydrogens (primary N) is 1. The first-order valence-electron chi connectivity index (χ1n) is 8.20. The molecule has 0 unspecified atom stereocenters. The van der Waals surface area contributed by atoms with Gasteiger partial charge in [0.1, 0.15) is 0 Å². The Bertz CT molecular complexity index is 617. The molecule has 2 rings (SSSR count). The van der Waals surface area contributed by atoms with Crippen molar-refractivity contribution in [1.82, 2.24) is 0 Å². The third kappa shape index (κ3) is 4.34. The maximum absolute atomic E-state index is 12.1. The van der Waals surface area contributed by atoms with Gasteiger partial charge in [-0.15, -0.1) is 0 Å². The molecule has 2 amide bonds. The van der Waals surface area contributed by atoms with E-state index in [1.54, 1.807) is 19.1 Å². The van der Waals surface area contributed by atoms with Crippen LogP contribution in [-0.2, 0) is 4.79 Å². The largest absolute Gasteiger partial charge is 0.371 e. The average molecular weight is 315 g/mol. The Kier molecular flexibility index (Phi) is 5.79. The van der Waals surface area contributed by atoms with Crippen molar-refractivity contribution in [2.24, 2.45) is 5.73 Å². The number of hydrogen-bond acceptors (Lipinski definition) is 3. The number of primary amides is 1. The summed E-state index contributed by atoms with van der Waals surface area (Å²) in [6.07, 6.45) is 6.12. The Morgan fingerprint density at radius 2 is 1.96 bits per heavy atom. The van der Waals surface area contributed by atoms with Crippen molar-refractivity contribution in [2.75, 3.05) is 23.3 Å². The molecule has 0 aromatic heterocycles. The minimum absolute atomic E-state index is 0.122. The fourth-order valence-corrected chi connectivity index (χ4v) is 2.84. The number of hydrogen-bond donors (Lipinski definition) is 2. The van der Waals surface area contributed by atoms with E-state index in [0.717, 1.165) is 38.0 Å². The number of allylic oxidation sites excluding steroid dienone is 1. The van der Waals surface area contributed by atoms with Crippen LogP contribution in [0.5, 0.6) is 0 Å². The molecule has 1 aromatic rings. The summed E-state index contributed by atoms with van der Waals surface area (Å²) in [7, 11) is 0. The van der Waals surface area contributed by atoms with E-state index in [1.807, 2.05) is 19.1 Å². The Morgan fingerprint density at radius 1 is 1.26 bits per heavy atom. The van der Waals surface area contributed by atoms with Crippen LogP contribution in [0.2, 0.25) is 0 Å².